The van der Waals surface area contributed by atoms with Gasteiger partial charge in [-0.15, -0.1) is 0 Å². The second-order valence-electron chi connectivity index (χ2n) is 6.02. The first kappa shape index (κ1) is 19.3. The molecule has 0 atom stereocenters. The van der Waals surface area contributed by atoms with Gasteiger partial charge in [0.15, 0.2) is 5.78 Å². The van der Waals surface area contributed by atoms with Gasteiger partial charge in [-0.1, -0.05) is 12.1 Å². The quantitative estimate of drug-likeness (QED) is 0.728. The molecule has 1 saturated heterocycles. The van der Waals surface area contributed by atoms with Crippen LogP contribution in [-0.2, 0) is 14.8 Å². The lowest BCUT2D eigenvalue weighted by Gasteiger charge is -2.26. The zero-order chi connectivity index (χ0) is 19.3. The summed E-state index contributed by atoms with van der Waals surface area (Å²) in [6.07, 6.45) is 0. The molecule has 2 aromatic rings. The zero-order valence-electron chi connectivity index (χ0n) is 15.1. The number of ether oxygens (including phenoxy) is 2. The van der Waals surface area contributed by atoms with Crippen molar-refractivity contribution in [1.82, 2.24) is 4.31 Å². The SMILES string of the molecule is COc1ccccc1NCC(=O)c1ccc(S(=O)(=O)N2CCOCC2)cc1. The maximum Gasteiger partial charge on any atom is 0.243 e. The maximum absolute atomic E-state index is 12.6. The number of hydrogen-bond acceptors (Lipinski definition) is 6. The van der Waals surface area contributed by atoms with E-state index in [1.165, 1.54) is 16.4 Å². The van der Waals surface area contributed by atoms with Crippen molar-refractivity contribution < 1.29 is 22.7 Å². The third-order valence-corrected chi connectivity index (χ3v) is 6.24. The van der Waals surface area contributed by atoms with Gasteiger partial charge >= 0.3 is 0 Å². The van der Waals surface area contributed by atoms with E-state index in [0.29, 0.717) is 37.6 Å². The van der Waals surface area contributed by atoms with Crippen LogP contribution >= 0.6 is 0 Å². The molecule has 0 radical (unpaired) electrons. The lowest BCUT2D eigenvalue weighted by atomic mass is 10.1. The van der Waals surface area contributed by atoms with Crippen LogP contribution in [0.3, 0.4) is 0 Å². The smallest absolute Gasteiger partial charge is 0.243 e. The second kappa shape index (κ2) is 8.51. The zero-order valence-corrected chi connectivity index (χ0v) is 15.9. The molecule has 144 valence electrons. The number of ketones is 1. The average Bonchev–Trinajstić information content (AvgIpc) is 2.73. The standard InChI is InChI=1S/C19H22N2O5S/c1-25-19-5-3-2-4-17(19)20-14-18(22)15-6-8-16(9-7-15)27(23,24)21-10-12-26-13-11-21/h2-9,20H,10-14H2,1H3. The van der Waals surface area contributed by atoms with Crippen LogP contribution < -0.4 is 10.1 Å². The minimum atomic E-state index is -3.56. The van der Waals surface area contributed by atoms with Gasteiger partial charge in [-0.2, -0.15) is 4.31 Å². The first-order valence-corrected chi connectivity index (χ1v) is 10.0. The second-order valence-corrected chi connectivity index (χ2v) is 7.96. The molecule has 1 aliphatic rings. The fourth-order valence-corrected chi connectivity index (χ4v) is 4.23. The highest BCUT2D eigenvalue weighted by Gasteiger charge is 2.26. The number of morpholine rings is 1. The third-order valence-electron chi connectivity index (χ3n) is 4.33. The molecule has 0 aliphatic carbocycles. The van der Waals surface area contributed by atoms with E-state index in [1.54, 1.807) is 25.3 Å². The number of hydrogen-bond donors (Lipinski definition) is 1. The highest BCUT2D eigenvalue weighted by atomic mass is 32.2. The molecule has 2 aromatic carbocycles. The molecule has 1 N–H and O–H groups in total. The summed E-state index contributed by atoms with van der Waals surface area (Å²) in [5, 5.41) is 3.04. The summed E-state index contributed by atoms with van der Waals surface area (Å²) in [6, 6.07) is 13.4. The predicted molar refractivity (Wildman–Crippen MR) is 102 cm³/mol. The summed E-state index contributed by atoms with van der Waals surface area (Å²) in [7, 11) is -1.99. The Morgan fingerprint density at radius 2 is 1.78 bits per heavy atom. The lowest BCUT2D eigenvalue weighted by molar-refractivity contribution is 0.0730. The van der Waals surface area contributed by atoms with Crippen molar-refractivity contribution >= 4 is 21.5 Å². The number of anilines is 1. The molecule has 0 bridgehead atoms. The fourth-order valence-electron chi connectivity index (χ4n) is 2.82. The number of rotatable bonds is 7. The van der Waals surface area contributed by atoms with Crippen LogP contribution in [0.1, 0.15) is 10.4 Å². The monoisotopic (exact) mass is 390 g/mol. The van der Waals surface area contributed by atoms with Crippen molar-refractivity contribution in [3.8, 4) is 5.75 Å². The summed E-state index contributed by atoms with van der Waals surface area (Å²) < 4.78 is 37.1. The van der Waals surface area contributed by atoms with E-state index in [0.717, 1.165) is 5.69 Å². The van der Waals surface area contributed by atoms with Gasteiger partial charge in [0.25, 0.3) is 0 Å². The largest absolute Gasteiger partial charge is 0.495 e. The number of carbonyl (C=O) groups is 1. The Balaban J connectivity index is 1.66. The van der Waals surface area contributed by atoms with Gasteiger partial charge in [0, 0.05) is 18.7 Å². The number of Topliss-reactive ketones (excluding diaryl/α,β-unsaturated/α-hetero) is 1. The molecule has 8 heteroatoms. The normalized spacial score (nSPS) is 15.3. The molecule has 0 unspecified atom stereocenters. The summed E-state index contributed by atoms with van der Waals surface area (Å²) in [5.41, 5.74) is 1.16. The van der Waals surface area contributed by atoms with Crippen LogP contribution in [0, 0.1) is 0 Å². The fraction of sp³-hybridized carbons (Fsp3) is 0.316. The van der Waals surface area contributed by atoms with E-state index >= 15 is 0 Å². The van der Waals surface area contributed by atoms with E-state index in [1.807, 2.05) is 18.2 Å². The molecule has 27 heavy (non-hydrogen) atoms. The topological polar surface area (TPSA) is 84.9 Å². The highest BCUT2D eigenvalue weighted by molar-refractivity contribution is 7.89. The molecule has 0 spiro atoms. The Bertz CT molecular complexity index is 891. The number of benzene rings is 2. The van der Waals surface area contributed by atoms with Gasteiger partial charge in [-0.25, -0.2) is 8.42 Å². The maximum atomic E-state index is 12.6. The van der Waals surface area contributed by atoms with Gasteiger partial charge in [0.05, 0.1) is 37.5 Å². The van der Waals surface area contributed by atoms with E-state index in [2.05, 4.69) is 5.32 Å². The molecular weight excluding hydrogens is 368 g/mol. The number of nitrogens with zero attached hydrogens (tertiary/aromatic N) is 1. The van der Waals surface area contributed by atoms with E-state index in [9.17, 15) is 13.2 Å². The van der Waals surface area contributed by atoms with E-state index in [-0.39, 0.29) is 17.2 Å². The van der Waals surface area contributed by atoms with Crippen molar-refractivity contribution in [3.05, 3.63) is 54.1 Å². The number of para-hydroxylation sites is 2. The number of methoxy groups -OCH3 is 1. The predicted octanol–water partition coefficient (Wildman–Crippen LogP) is 2.01. The molecule has 3 rings (SSSR count). The summed E-state index contributed by atoms with van der Waals surface area (Å²) in [6.45, 7) is 1.54. The van der Waals surface area contributed by atoms with Crippen molar-refractivity contribution in [2.75, 3.05) is 45.3 Å². The van der Waals surface area contributed by atoms with Crippen LogP contribution in [0.2, 0.25) is 0 Å². The van der Waals surface area contributed by atoms with Gasteiger partial charge < -0.3 is 14.8 Å². The highest BCUT2D eigenvalue weighted by Crippen LogP contribution is 2.23. The van der Waals surface area contributed by atoms with Crippen molar-refractivity contribution in [2.45, 2.75) is 4.90 Å². The van der Waals surface area contributed by atoms with Crippen LogP contribution in [0.15, 0.2) is 53.4 Å². The summed E-state index contributed by atoms with van der Waals surface area (Å²) in [5.74, 6) is 0.508. The van der Waals surface area contributed by atoms with Crippen molar-refractivity contribution in [3.63, 3.8) is 0 Å². The molecule has 0 saturated carbocycles. The Kier molecular flexibility index (Phi) is 6.10. The first-order valence-electron chi connectivity index (χ1n) is 8.60. The molecule has 0 amide bonds. The first-order chi connectivity index (χ1) is 13.0. The number of sulfonamides is 1. The Morgan fingerprint density at radius 3 is 2.44 bits per heavy atom. The minimum absolute atomic E-state index is 0.0793. The number of carbonyl (C=O) groups excluding carboxylic acids is 1. The van der Waals surface area contributed by atoms with Crippen LogP contribution in [0.4, 0.5) is 5.69 Å². The number of nitrogens with one attached hydrogen (secondary N) is 1. The Hall–Kier alpha value is -2.42. The molecule has 1 aliphatic heterocycles. The van der Waals surface area contributed by atoms with Gasteiger partial charge in [-0.3, -0.25) is 4.79 Å². The lowest BCUT2D eigenvalue weighted by Crippen LogP contribution is -2.40. The average molecular weight is 390 g/mol. The summed E-state index contributed by atoms with van der Waals surface area (Å²) in [4.78, 5) is 12.6. The van der Waals surface area contributed by atoms with Gasteiger partial charge in [-0.05, 0) is 36.4 Å². The molecule has 1 fully saturated rings. The van der Waals surface area contributed by atoms with Crippen LogP contribution in [-0.4, -0.2) is 58.5 Å². The van der Waals surface area contributed by atoms with Gasteiger partial charge in [0.2, 0.25) is 10.0 Å². The van der Waals surface area contributed by atoms with E-state index in [4.69, 9.17) is 9.47 Å². The summed E-state index contributed by atoms with van der Waals surface area (Å²) >= 11 is 0. The molecule has 7 nitrogen and oxygen atoms in total. The Morgan fingerprint density at radius 1 is 1.11 bits per heavy atom. The van der Waals surface area contributed by atoms with Crippen LogP contribution in [0.5, 0.6) is 5.75 Å². The molecular formula is C19H22N2O5S. The minimum Gasteiger partial charge on any atom is -0.495 e. The van der Waals surface area contributed by atoms with E-state index < -0.39 is 10.0 Å². The molecule has 0 aromatic heterocycles. The van der Waals surface area contributed by atoms with Crippen LogP contribution in [0.25, 0.3) is 0 Å². The van der Waals surface area contributed by atoms with Crippen molar-refractivity contribution in [1.29, 1.82) is 0 Å². The molecule has 1 heterocycles. The van der Waals surface area contributed by atoms with Crippen molar-refractivity contribution in [2.24, 2.45) is 0 Å². The van der Waals surface area contributed by atoms with Gasteiger partial charge in [0.1, 0.15) is 5.75 Å². The third kappa shape index (κ3) is 4.47. The Labute approximate surface area is 158 Å².